The van der Waals surface area contributed by atoms with Gasteiger partial charge in [0.25, 0.3) is 0 Å². The molecule has 1 unspecified atom stereocenters. The molecule has 0 spiro atoms. The second-order valence-electron chi connectivity index (χ2n) is 6.60. The molecule has 0 aliphatic carbocycles. The predicted molar refractivity (Wildman–Crippen MR) is 103 cm³/mol. The minimum atomic E-state index is -0.489. The molecule has 1 fully saturated rings. The Balaban J connectivity index is 1.76. The third-order valence-electron chi connectivity index (χ3n) is 4.67. The van der Waals surface area contributed by atoms with Gasteiger partial charge in [-0.1, -0.05) is 11.6 Å². The highest BCUT2D eigenvalue weighted by molar-refractivity contribution is 6.33. The Hall–Kier alpha value is -2.37. The summed E-state index contributed by atoms with van der Waals surface area (Å²) in [6.45, 7) is 4.87. The fourth-order valence-electron chi connectivity index (χ4n) is 3.36. The first-order valence-electron chi connectivity index (χ1n) is 8.53. The van der Waals surface area contributed by atoms with Gasteiger partial charge in [-0.15, -0.1) is 0 Å². The minimum absolute atomic E-state index is 0.183. The zero-order chi connectivity index (χ0) is 18.3. The molecule has 6 heteroatoms. The molecule has 1 aliphatic heterocycles. The highest BCUT2D eigenvalue weighted by Crippen LogP contribution is 2.30. The summed E-state index contributed by atoms with van der Waals surface area (Å²) in [6, 6.07) is 12.0. The summed E-state index contributed by atoms with van der Waals surface area (Å²) < 4.78 is 18.8. The molecule has 2 heterocycles. The van der Waals surface area contributed by atoms with E-state index in [0.29, 0.717) is 22.8 Å². The van der Waals surface area contributed by atoms with Crippen molar-refractivity contribution in [1.29, 1.82) is 0 Å². The highest BCUT2D eigenvalue weighted by Gasteiger charge is 2.17. The first-order chi connectivity index (χ1) is 12.5. The van der Waals surface area contributed by atoms with Gasteiger partial charge < -0.3 is 14.6 Å². The average molecular weight is 373 g/mol. The number of hydrogen-bond donors (Lipinski definition) is 1. The Morgan fingerprint density at radius 1 is 1.19 bits per heavy atom. The maximum absolute atomic E-state index is 13.3. The third kappa shape index (κ3) is 3.20. The second-order valence-corrected chi connectivity index (χ2v) is 7.00. The number of anilines is 1. The molecule has 0 radical (unpaired) electrons. The van der Waals surface area contributed by atoms with Crippen molar-refractivity contribution in [3.8, 4) is 11.1 Å². The molecule has 1 N–H and O–H groups in total. The van der Waals surface area contributed by atoms with Crippen LogP contribution in [0.4, 0.5) is 10.1 Å². The van der Waals surface area contributed by atoms with Gasteiger partial charge in [0.1, 0.15) is 11.4 Å². The quantitative estimate of drug-likeness (QED) is 0.689. The van der Waals surface area contributed by atoms with Crippen molar-refractivity contribution in [2.24, 2.45) is 0 Å². The van der Waals surface area contributed by atoms with Crippen molar-refractivity contribution in [1.82, 2.24) is 5.32 Å². The van der Waals surface area contributed by atoms with Crippen LogP contribution in [0.3, 0.4) is 0 Å². The van der Waals surface area contributed by atoms with E-state index in [4.69, 9.17) is 16.0 Å². The number of hydrogen-bond acceptors (Lipinski definition) is 4. The maximum Gasteiger partial charge on any atom is 0.344 e. The van der Waals surface area contributed by atoms with Crippen molar-refractivity contribution < 1.29 is 8.81 Å². The monoisotopic (exact) mass is 372 g/mol. The van der Waals surface area contributed by atoms with E-state index >= 15 is 0 Å². The largest absolute Gasteiger partial charge is 0.422 e. The van der Waals surface area contributed by atoms with Crippen molar-refractivity contribution >= 4 is 28.3 Å². The van der Waals surface area contributed by atoms with E-state index in [0.717, 1.165) is 30.7 Å². The van der Waals surface area contributed by atoms with Gasteiger partial charge in [-0.2, -0.15) is 0 Å². The van der Waals surface area contributed by atoms with Crippen LogP contribution in [0.2, 0.25) is 5.02 Å². The summed E-state index contributed by atoms with van der Waals surface area (Å²) in [5, 5.41) is 4.39. The summed E-state index contributed by atoms with van der Waals surface area (Å²) in [5.41, 5.74) is 1.86. The van der Waals surface area contributed by atoms with E-state index in [1.165, 1.54) is 18.2 Å². The third-order valence-corrected chi connectivity index (χ3v) is 4.99. The molecule has 3 aromatic rings. The molecule has 1 saturated heterocycles. The van der Waals surface area contributed by atoms with E-state index < -0.39 is 11.4 Å². The summed E-state index contributed by atoms with van der Waals surface area (Å²) in [6.07, 6.45) is 0. The van der Waals surface area contributed by atoms with Crippen LogP contribution in [-0.4, -0.2) is 25.7 Å². The first-order valence-corrected chi connectivity index (χ1v) is 8.91. The van der Waals surface area contributed by atoms with Crippen molar-refractivity contribution in [3.05, 3.63) is 63.7 Å². The molecular formula is C20H18ClFN2O2. The molecule has 2 aromatic carbocycles. The lowest BCUT2D eigenvalue weighted by atomic mass is 10.1. The number of benzene rings is 2. The van der Waals surface area contributed by atoms with Gasteiger partial charge in [0.15, 0.2) is 0 Å². The fraction of sp³-hybridized carbons (Fsp3) is 0.250. The van der Waals surface area contributed by atoms with Crippen LogP contribution < -0.4 is 15.8 Å². The zero-order valence-electron chi connectivity index (χ0n) is 14.3. The Morgan fingerprint density at radius 3 is 2.81 bits per heavy atom. The normalized spacial score (nSPS) is 17.7. The van der Waals surface area contributed by atoms with Gasteiger partial charge in [0, 0.05) is 48.4 Å². The van der Waals surface area contributed by atoms with Crippen LogP contribution in [0, 0.1) is 5.82 Å². The van der Waals surface area contributed by atoms with Gasteiger partial charge >= 0.3 is 5.63 Å². The Labute approximate surface area is 155 Å². The van der Waals surface area contributed by atoms with Gasteiger partial charge in [-0.25, -0.2) is 9.18 Å². The Bertz CT molecular complexity index is 1030. The van der Waals surface area contributed by atoms with Crippen molar-refractivity contribution in [2.75, 3.05) is 24.5 Å². The number of nitrogens with zero attached hydrogens (tertiary/aromatic N) is 1. The van der Waals surface area contributed by atoms with Crippen LogP contribution in [0.1, 0.15) is 6.92 Å². The molecule has 4 nitrogen and oxygen atoms in total. The Morgan fingerprint density at radius 2 is 2.04 bits per heavy atom. The first kappa shape index (κ1) is 17.1. The highest BCUT2D eigenvalue weighted by atomic mass is 35.5. The summed E-state index contributed by atoms with van der Waals surface area (Å²) in [4.78, 5) is 14.7. The van der Waals surface area contributed by atoms with Gasteiger partial charge in [-0.3, -0.25) is 0 Å². The van der Waals surface area contributed by atoms with Gasteiger partial charge in [0.05, 0.1) is 10.6 Å². The molecule has 1 atom stereocenters. The van der Waals surface area contributed by atoms with E-state index in [-0.39, 0.29) is 5.02 Å². The summed E-state index contributed by atoms with van der Waals surface area (Å²) in [5.74, 6) is -0.446. The smallest absolute Gasteiger partial charge is 0.344 e. The SMILES string of the molecule is CC1CN(c2ccc3cc(-c4ccc(F)cc4Cl)c(=O)oc3c2)CCN1. The number of piperazine rings is 1. The molecule has 1 aromatic heterocycles. The van der Waals surface area contributed by atoms with Gasteiger partial charge in [0.2, 0.25) is 0 Å². The average Bonchev–Trinajstić information content (AvgIpc) is 2.61. The molecule has 0 saturated carbocycles. The maximum atomic E-state index is 13.3. The zero-order valence-corrected chi connectivity index (χ0v) is 15.0. The molecule has 4 rings (SSSR count). The van der Waals surface area contributed by atoms with Crippen LogP contribution in [-0.2, 0) is 0 Å². The van der Waals surface area contributed by atoms with Gasteiger partial charge in [-0.05, 0) is 43.3 Å². The molecular weight excluding hydrogens is 355 g/mol. The van der Waals surface area contributed by atoms with E-state index in [1.807, 2.05) is 18.2 Å². The van der Waals surface area contributed by atoms with Crippen molar-refractivity contribution in [2.45, 2.75) is 13.0 Å². The second kappa shape index (κ2) is 6.74. The fourth-order valence-corrected chi connectivity index (χ4v) is 3.63. The van der Waals surface area contributed by atoms with Crippen LogP contribution in [0.5, 0.6) is 0 Å². The van der Waals surface area contributed by atoms with Crippen LogP contribution in [0.15, 0.2) is 51.7 Å². The van der Waals surface area contributed by atoms with E-state index in [9.17, 15) is 9.18 Å². The van der Waals surface area contributed by atoms with Crippen LogP contribution in [0.25, 0.3) is 22.1 Å². The molecule has 1 aliphatic rings. The molecule has 134 valence electrons. The lowest BCUT2D eigenvalue weighted by molar-refractivity contribution is 0.484. The Kier molecular flexibility index (Phi) is 4.42. The number of fused-ring (bicyclic) bond motifs is 1. The number of nitrogens with one attached hydrogen (secondary N) is 1. The summed E-state index contributed by atoms with van der Waals surface area (Å²) >= 11 is 6.09. The standard InChI is InChI=1S/C20H18ClFN2O2/c1-12-11-24(7-6-23-12)15-4-2-13-8-17(20(25)26-19(13)10-15)16-5-3-14(22)9-18(16)21/h2-5,8-10,12,23H,6-7,11H2,1H3. The number of rotatable bonds is 2. The van der Waals surface area contributed by atoms with E-state index in [1.54, 1.807) is 6.07 Å². The molecule has 26 heavy (non-hydrogen) atoms. The lowest BCUT2D eigenvalue weighted by Crippen LogP contribution is -2.49. The van der Waals surface area contributed by atoms with Crippen molar-refractivity contribution in [3.63, 3.8) is 0 Å². The topological polar surface area (TPSA) is 45.5 Å². The van der Waals surface area contributed by atoms with Crippen LogP contribution >= 0.6 is 11.6 Å². The number of halogens is 2. The predicted octanol–water partition coefficient (Wildman–Crippen LogP) is 4.05. The minimum Gasteiger partial charge on any atom is -0.422 e. The molecule has 0 bridgehead atoms. The molecule has 0 amide bonds. The van der Waals surface area contributed by atoms with E-state index in [2.05, 4.69) is 17.1 Å². The lowest BCUT2D eigenvalue weighted by Gasteiger charge is -2.33. The summed E-state index contributed by atoms with van der Waals surface area (Å²) in [7, 11) is 0.